The minimum atomic E-state index is -0.459. The van der Waals surface area contributed by atoms with Crippen molar-refractivity contribution in [3.8, 4) is 0 Å². The van der Waals surface area contributed by atoms with Crippen molar-refractivity contribution < 1.29 is 9.18 Å². The molecule has 1 aromatic rings. The summed E-state index contributed by atoms with van der Waals surface area (Å²) in [6, 6.07) is 0. The van der Waals surface area contributed by atoms with Crippen molar-refractivity contribution in [3.63, 3.8) is 0 Å². The van der Waals surface area contributed by atoms with E-state index in [0.717, 1.165) is 30.6 Å². The highest BCUT2D eigenvalue weighted by atomic mass is 19.1. The Labute approximate surface area is 117 Å². The molecule has 1 saturated heterocycles. The Balaban J connectivity index is 1.84. The van der Waals surface area contributed by atoms with Crippen LogP contribution in [0.1, 0.15) is 30.5 Å². The molecule has 1 aromatic heterocycles. The molecule has 110 valence electrons. The van der Waals surface area contributed by atoms with Crippen molar-refractivity contribution in [3.05, 3.63) is 17.2 Å². The van der Waals surface area contributed by atoms with Gasteiger partial charge in [0.15, 0.2) is 0 Å². The van der Waals surface area contributed by atoms with E-state index in [2.05, 4.69) is 20.9 Å². The van der Waals surface area contributed by atoms with Crippen LogP contribution in [0.2, 0.25) is 0 Å². The molecular weight excluding hydrogens is 261 g/mol. The van der Waals surface area contributed by atoms with E-state index in [1.165, 1.54) is 13.3 Å². The summed E-state index contributed by atoms with van der Waals surface area (Å²) < 4.78 is 14.8. The number of rotatable bonds is 4. The summed E-state index contributed by atoms with van der Waals surface area (Å²) in [6.45, 7) is 3.61. The van der Waals surface area contributed by atoms with Gasteiger partial charge in [-0.05, 0) is 38.8 Å². The predicted molar refractivity (Wildman–Crippen MR) is 73.9 cm³/mol. The molecule has 0 atom stereocenters. The Kier molecular flexibility index (Phi) is 4.84. The van der Waals surface area contributed by atoms with E-state index in [0.29, 0.717) is 23.6 Å². The minimum absolute atomic E-state index is 0.130. The first-order valence-corrected chi connectivity index (χ1v) is 6.79. The molecule has 0 aliphatic carbocycles. The van der Waals surface area contributed by atoms with E-state index in [4.69, 9.17) is 0 Å². The molecule has 1 aliphatic heterocycles. The lowest BCUT2D eigenvalue weighted by atomic mass is 9.94. The summed E-state index contributed by atoms with van der Waals surface area (Å²) in [5, 5.41) is 11.0. The molecule has 2 N–H and O–H groups in total. The molecule has 20 heavy (non-hydrogen) atoms. The summed E-state index contributed by atoms with van der Waals surface area (Å²) in [5.74, 6) is -0.183. The maximum Gasteiger partial charge on any atom is 0.240 e. The summed E-state index contributed by atoms with van der Waals surface area (Å²) in [6.07, 6.45) is 3.78. The average molecular weight is 281 g/mol. The van der Waals surface area contributed by atoms with Gasteiger partial charge in [0, 0.05) is 13.5 Å². The Hall–Kier alpha value is -1.76. The average Bonchev–Trinajstić information content (AvgIpc) is 2.66. The Morgan fingerprint density at radius 2 is 2.30 bits per heavy atom. The van der Waals surface area contributed by atoms with Gasteiger partial charge in [0.25, 0.3) is 0 Å². The Morgan fingerprint density at radius 1 is 1.60 bits per heavy atom. The molecular formula is C13H20FN5O. The number of aryl methyl sites for hydroxylation is 2. The van der Waals surface area contributed by atoms with Crippen LogP contribution in [0.25, 0.3) is 0 Å². The Morgan fingerprint density at radius 3 is 2.90 bits per heavy atom. The van der Waals surface area contributed by atoms with Gasteiger partial charge in [-0.2, -0.15) is 14.6 Å². The maximum atomic E-state index is 13.6. The lowest BCUT2D eigenvalue weighted by Gasteiger charge is -2.21. The third-order valence-electron chi connectivity index (χ3n) is 3.51. The topological polar surface area (TPSA) is 71.3 Å². The highest BCUT2D eigenvalue weighted by molar-refractivity contribution is 5.83. The maximum absolute atomic E-state index is 13.6. The number of hydrogen-bond acceptors (Lipinski definition) is 4. The first kappa shape index (κ1) is 14.6. The quantitative estimate of drug-likeness (QED) is 0.630. The second-order valence-corrected chi connectivity index (χ2v) is 5.10. The zero-order chi connectivity index (χ0) is 14.5. The van der Waals surface area contributed by atoms with Crippen LogP contribution in [0.3, 0.4) is 0 Å². The van der Waals surface area contributed by atoms with Crippen molar-refractivity contribution in [1.82, 2.24) is 20.5 Å². The van der Waals surface area contributed by atoms with Gasteiger partial charge in [-0.3, -0.25) is 4.79 Å². The van der Waals surface area contributed by atoms with Crippen LogP contribution < -0.4 is 10.7 Å². The zero-order valence-electron chi connectivity index (χ0n) is 11.8. The monoisotopic (exact) mass is 281 g/mol. The van der Waals surface area contributed by atoms with Gasteiger partial charge in [0.1, 0.15) is 0 Å². The molecule has 2 rings (SSSR count). The number of piperidine rings is 1. The van der Waals surface area contributed by atoms with Crippen LogP contribution >= 0.6 is 0 Å². The molecule has 0 unspecified atom stereocenters. The van der Waals surface area contributed by atoms with Crippen LogP contribution in [0, 0.1) is 18.8 Å². The fraction of sp³-hybridized carbons (Fsp3) is 0.615. The van der Waals surface area contributed by atoms with Crippen molar-refractivity contribution in [2.75, 3.05) is 13.1 Å². The number of carbonyl (C=O) groups is 1. The molecule has 6 nitrogen and oxygen atoms in total. The first-order chi connectivity index (χ1) is 9.58. The number of hydrazone groups is 1. The number of nitrogens with zero attached hydrogens (tertiary/aromatic N) is 3. The largest absolute Gasteiger partial charge is 0.317 e. The van der Waals surface area contributed by atoms with Gasteiger partial charge in [-0.15, -0.1) is 0 Å². The van der Waals surface area contributed by atoms with E-state index in [-0.39, 0.29) is 5.91 Å². The van der Waals surface area contributed by atoms with Crippen molar-refractivity contribution in [2.24, 2.45) is 18.1 Å². The van der Waals surface area contributed by atoms with Gasteiger partial charge >= 0.3 is 0 Å². The number of aromatic nitrogens is 2. The highest BCUT2D eigenvalue weighted by Gasteiger charge is 2.16. The predicted octanol–water partition coefficient (Wildman–Crippen LogP) is 0.707. The van der Waals surface area contributed by atoms with Gasteiger partial charge in [0.2, 0.25) is 11.9 Å². The third-order valence-corrected chi connectivity index (χ3v) is 3.51. The molecule has 1 aliphatic rings. The smallest absolute Gasteiger partial charge is 0.240 e. The summed E-state index contributed by atoms with van der Waals surface area (Å²) >= 11 is 0. The van der Waals surface area contributed by atoms with E-state index in [1.54, 1.807) is 6.92 Å². The molecule has 2 heterocycles. The summed E-state index contributed by atoms with van der Waals surface area (Å²) in [4.78, 5) is 11.7. The van der Waals surface area contributed by atoms with Crippen LogP contribution in [0.4, 0.5) is 4.39 Å². The van der Waals surface area contributed by atoms with E-state index < -0.39 is 5.95 Å². The zero-order valence-corrected chi connectivity index (χ0v) is 11.8. The molecule has 0 radical (unpaired) electrons. The number of amides is 1. The molecule has 7 heteroatoms. The second kappa shape index (κ2) is 6.60. The first-order valence-electron chi connectivity index (χ1n) is 6.79. The fourth-order valence-corrected chi connectivity index (χ4v) is 2.36. The van der Waals surface area contributed by atoms with Crippen molar-refractivity contribution >= 4 is 12.1 Å². The van der Waals surface area contributed by atoms with Crippen molar-refractivity contribution in [2.45, 2.75) is 26.2 Å². The van der Waals surface area contributed by atoms with Crippen LogP contribution in [0.5, 0.6) is 0 Å². The third kappa shape index (κ3) is 3.63. The van der Waals surface area contributed by atoms with Crippen LogP contribution in [0.15, 0.2) is 5.10 Å². The van der Waals surface area contributed by atoms with Crippen LogP contribution in [-0.4, -0.2) is 35.0 Å². The molecule has 0 bridgehead atoms. The lowest BCUT2D eigenvalue weighted by molar-refractivity contribution is -0.122. The van der Waals surface area contributed by atoms with Gasteiger partial charge < -0.3 is 5.32 Å². The standard InChI is InChI=1S/C13H20FN5O/c1-9-11(13(14)19(2)18-9)8-16-17-12(20)7-10-3-5-15-6-4-10/h8,10,15H,3-7H2,1-2H3,(H,17,20)/b16-8+. The Bertz CT molecular complexity index is 505. The number of halogens is 1. The minimum Gasteiger partial charge on any atom is -0.317 e. The van der Waals surface area contributed by atoms with Crippen LogP contribution in [-0.2, 0) is 11.8 Å². The van der Waals surface area contributed by atoms with E-state index >= 15 is 0 Å². The molecule has 0 saturated carbocycles. The van der Waals surface area contributed by atoms with E-state index in [9.17, 15) is 9.18 Å². The number of hydrogen-bond donors (Lipinski definition) is 2. The normalized spacial score (nSPS) is 16.8. The highest BCUT2D eigenvalue weighted by Crippen LogP contribution is 2.15. The molecule has 0 spiro atoms. The molecule has 0 aromatic carbocycles. The van der Waals surface area contributed by atoms with Gasteiger partial charge in [-0.25, -0.2) is 10.1 Å². The summed E-state index contributed by atoms with van der Waals surface area (Å²) in [7, 11) is 1.52. The van der Waals surface area contributed by atoms with Crippen molar-refractivity contribution in [1.29, 1.82) is 0 Å². The van der Waals surface area contributed by atoms with Gasteiger partial charge in [0.05, 0.1) is 17.5 Å². The molecule has 1 fully saturated rings. The summed E-state index contributed by atoms with van der Waals surface area (Å²) in [5.41, 5.74) is 3.29. The van der Waals surface area contributed by atoms with E-state index in [1.807, 2.05) is 0 Å². The lowest BCUT2D eigenvalue weighted by Crippen LogP contribution is -2.31. The number of nitrogens with one attached hydrogen (secondary N) is 2. The SMILES string of the molecule is Cc1nn(C)c(F)c1/C=N/NC(=O)CC1CCNCC1. The molecule has 1 amide bonds. The van der Waals surface area contributed by atoms with Gasteiger partial charge in [-0.1, -0.05) is 0 Å². The fourth-order valence-electron chi connectivity index (χ4n) is 2.36. The second-order valence-electron chi connectivity index (χ2n) is 5.10. The number of carbonyl (C=O) groups excluding carboxylic acids is 1.